The number of thioether (sulfide) groups is 1. The van der Waals surface area contributed by atoms with E-state index >= 15 is 0 Å². The summed E-state index contributed by atoms with van der Waals surface area (Å²) in [6.07, 6.45) is 8.35. The van der Waals surface area contributed by atoms with Crippen molar-refractivity contribution < 1.29 is 0 Å². The third kappa shape index (κ3) is 3.15. The summed E-state index contributed by atoms with van der Waals surface area (Å²) in [4.78, 5) is 7.68. The van der Waals surface area contributed by atoms with E-state index in [1.165, 1.54) is 38.5 Å². The third-order valence-corrected chi connectivity index (χ3v) is 8.03. The van der Waals surface area contributed by atoms with Gasteiger partial charge in [0.05, 0.1) is 0 Å². The fourth-order valence-electron chi connectivity index (χ4n) is 4.82. The number of fused-ring (bicyclic) bond motifs is 2. The third-order valence-electron chi connectivity index (χ3n) is 6.31. The summed E-state index contributed by atoms with van der Waals surface area (Å²) in [5.41, 5.74) is 0. The highest BCUT2D eigenvalue weighted by molar-refractivity contribution is 8.00. The Morgan fingerprint density at radius 1 is 0.762 bits per heavy atom. The summed E-state index contributed by atoms with van der Waals surface area (Å²) >= 11 is 2.35. The molecule has 0 aromatic carbocycles. The van der Waals surface area contributed by atoms with E-state index in [2.05, 4.69) is 61.7 Å². The van der Waals surface area contributed by atoms with Gasteiger partial charge >= 0.3 is 0 Å². The minimum atomic E-state index is 0.803. The predicted octanol–water partition coefficient (Wildman–Crippen LogP) is 2.37. The zero-order chi connectivity index (χ0) is 15.1. The number of hydrogen-bond donors (Lipinski definition) is 0. The summed E-state index contributed by atoms with van der Waals surface area (Å²) in [5, 5.41) is 1.72. The van der Waals surface area contributed by atoms with Crippen molar-refractivity contribution in [2.24, 2.45) is 0 Å². The van der Waals surface area contributed by atoms with Crippen molar-refractivity contribution in [3.8, 4) is 0 Å². The monoisotopic (exact) mass is 311 g/mol. The Hall–Kier alpha value is 0.230. The molecule has 0 N–H and O–H groups in total. The van der Waals surface area contributed by atoms with E-state index in [1.54, 1.807) is 0 Å². The molecule has 1 heterocycles. The van der Waals surface area contributed by atoms with Crippen LogP contribution in [0.4, 0.5) is 0 Å². The Kier molecular flexibility index (Phi) is 4.90. The molecule has 21 heavy (non-hydrogen) atoms. The van der Waals surface area contributed by atoms with Gasteiger partial charge in [0.1, 0.15) is 0 Å². The van der Waals surface area contributed by atoms with Crippen LogP contribution in [0.1, 0.15) is 38.5 Å². The summed E-state index contributed by atoms with van der Waals surface area (Å²) in [5.74, 6) is 0. The molecule has 2 aliphatic carbocycles. The smallest absolute Gasteiger partial charge is 0.0221 e. The molecule has 2 saturated carbocycles. The van der Waals surface area contributed by atoms with E-state index < -0.39 is 0 Å². The summed E-state index contributed by atoms with van der Waals surface area (Å²) in [7, 11) is 11.4. The topological polar surface area (TPSA) is 9.72 Å². The van der Waals surface area contributed by atoms with Crippen LogP contribution >= 0.6 is 11.8 Å². The maximum atomic E-state index is 2.78. The predicted molar refractivity (Wildman–Crippen MR) is 93.2 cm³/mol. The molecular formula is C17H33N3S. The molecule has 0 bridgehead atoms. The van der Waals surface area contributed by atoms with Crippen LogP contribution in [0.25, 0.3) is 0 Å². The van der Waals surface area contributed by atoms with Gasteiger partial charge in [-0.2, -0.15) is 11.8 Å². The molecule has 3 nitrogen and oxygen atoms in total. The number of rotatable bonds is 2. The Morgan fingerprint density at radius 3 is 1.57 bits per heavy atom. The quantitative estimate of drug-likeness (QED) is 0.774. The Bertz CT molecular complexity index is 328. The largest absolute Gasteiger partial charge is 0.306 e. The van der Waals surface area contributed by atoms with E-state index in [0.29, 0.717) is 0 Å². The van der Waals surface area contributed by atoms with Crippen LogP contribution in [0.3, 0.4) is 0 Å². The second-order valence-corrected chi connectivity index (χ2v) is 9.36. The summed E-state index contributed by atoms with van der Waals surface area (Å²) < 4.78 is 0. The number of nitrogens with zero attached hydrogens (tertiary/aromatic N) is 3. The lowest BCUT2D eigenvalue weighted by Crippen LogP contribution is -2.60. The Morgan fingerprint density at radius 2 is 1.19 bits per heavy atom. The number of hydrogen-bond acceptors (Lipinski definition) is 4. The van der Waals surface area contributed by atoms with Crippen LogP contribution in [0.2, 0.25) is 0 Å². The van der Waals surface area contributed by atoms with E-state index in [-0.39, 0.29) is 0 Å². The summed E-state index contributed by atoms with van der Waals surface area (Å²) in [6.45, 7) is 0. The van der Waals surface area contributed by atoms with Crippen LogP contribution in [-0.2, 0) is 0 Å². The molecule has 4 heteroatoms. The van der Waals surface area contributed by atoms with E-state index in [9.17, 15) is 0 Å². The lowest BCUT2D eigenvalue weighted by molar-refractivity contribution is 0.0683. The van der Waals surface area contributed by atoms with E-state index in [0.717, 1.165) is 34.7 Å². The molecule has 0 aromatic heterocycles. The highest BCUT2D eigenvalue weighted by Crippen LogP contribution is 2.46. The maximum absolute atomic E-state index is 2.78. The van der Waals surface area contributed by atoms with Crippen molar-refractivity contribution in [2.45, 2.75) is 73.2 Å². The highest BCUT2D eigenvalue weighted by atomic mass is 32.2. The molecule has 3 rings (SSSR count). The Balaban J connectivity index is 1.69. The molecule has 1 aliphatic heterocycles. The van der Waals surface area contributed by atoms with Crippen molar-refractivity contribution in [3.63, 3.8) is 0 Å². The van der Waals surface area contributed by atoms with E-state index in [1.807, 2.05) is 0 Å². The van der Waals surface area contributed by atoms with Gasteiger partial charge in [-0.25, -0.2) is 0 Å². The van der Waals surface area contributed by atoms with Gasteiger partial charge in [0.25, 0.3) is 0 Å². The molecule has 3 fully saturated rings. The molecule has 0 aromatic rings. The molecule has 6 unspecified atom stereocenters. The second kappa shape index (κ2) is 6.38. The lowest BCUT2D eigenvalue weighted by atomic mass is 9.84. The van der Waals surface area contributed by atoms with Crippen LogP contribution in [0, 0.1) is 0 Å². The fraction of sp³-hybridized carbons (Fsp3) is 1.00. The van der Waals surface area contributed by atoms with Crippen molar-refractivity contribution in [1.29, 1.82) is 0 Å². The average molecular weight is 312 g/mol. The first kappa shape index (κ1) is 16.1. The van der Waals surface area contributed by atoms with Gasteiger partial charge in [-0.05, 0) is 73.8 Å². The second-order valence-electron chi connectivity index (χ2n) is 7.87. The van der Waals surface area contributed by atoms with Gasteiger partial charge in [-0.3, -0.25) is 4.90 Å². The standard InChI is InChI=1S/C17H33N3S/c1-18(2)12-6-8-14-16(10-12)21-17-11-13(19(3)4)7-9-15(17)20(14)5/h12-17H,6-11H2,1-5H3. The average Bonchev–Trinajstić information content (AvgIpc) is 2.46. The zero-order valence-electron chi connectivity index (χ0n) is 14.5. The van der Waals surface area contributed by atoms with Crippen molar-refractivity contribution in [1.82, 2.24) is 14.7 Å². The lowest BCUT2D eigenvalue weighted by Gasteiger charge is -2.54. The van der Waals surface area contributed by atoms with Crippen LogP contribution in [-0.4, -0.2) is 84.6 Å². The SMILES string of the molecule is CN(C)C1CCC2C(C1)SC1CC(N(C)C)CCC1N2C. The van der Waals surface area contributed by atoms with Crippen molar-refractivity contribution in [3.05, 3.63) is 0 Å². The normalized spacial score (nSPS) is 44.7. The molecule has 122 valence electrons. The van der Waals surface area contributed by atoms with Gasteiger partial charge in [0.15, 0.2) is 0 Å². The van der Waals surface area contributed by atoms with Gasteiger partial charge in [-0.1, -0.05) is 0 Å². The molecule has 0 spiro atoms. The first-order valence-corrected chi connectivity index (χ1v) is 9.62. The highest BCUT2D eigenvalue weighted by Gasteiger charge is 2.46. The molecule has 0 amide bonds. The van der Waals surface area contributed by atoms with Crippen LogP contribution < -0.4 is 0 Å². The first-order valence-electron chi connectivity index (χ1n) is 8.67. The fourth-order valence-corrected chi connectivity index (χ4v) is 6.95. The zero-order valence-corrected chi connectivity index (χ0v) is 15.3. The molecule has 3 aliphatic rings. The minimum Gasteiger partial charge on any atom is -0.306 e. The molecule has 1 saturated heterocycles. The maximum Gasteiger partial charge on any atom is 0.0221 e. The minimum absolute atomic E-state index is 0.803. The Labute approximate surface area is 135 Å². The van der Waals surface area contributed by atoms with Gasteiger partial charge < -0.3 is 9.80 Å². The van der Waals surface area contributed by atoms with Crippen molar-refractivity contribution in [2.75, 3.05) is 35.2 Å². The first-order chi connectivity index (χ1) is 9.97. The van der Waals surface area contributed by atoms with Gasteiger partial charge in [0, 0.05) is 34.7 Å². The molecular weight excluding hydrogens is 278 g/mol. The van der Waals surface area contributed by atoms with Gasteiger partial charge in [0.2, 0.25) is 0 Å². The molecule has 0 radical (unpaired) electrons. The van der Waals surface area contributed by atoms with Gasteiger partial charge in [-0.15, -0.1) is 0 Å². The van der Waals surface area contributed by atoms with Crippen LogP contribution in [0.5, 0.6) is 0 Å². The van der Waals surface area contributed by atoms with E-state index in [4.69, 9.17) is 0 Å². The van der Waals surface area contributed by atoms with Crippen LogP contribution in [0.15, 0.2) is 0 Å². The summed E-state index contributed by atoms with van der Waals surface area (Å²) in [6, 6.07) is 3.28. The molecule has 6 atom stereocenters. The van der Waals surface area contributed by atoms with Crippen molar-refractivity contribution >= 4 is 11.8 Å².